The predicted molar refractivity (Wildman–Crippen MR) is 101 cm³/mol. The van der Waals surface area contributed by atoms with Crippen molar-refractivity contribution in [2.75, 3.05) is 0 Å². The second-order valence-electron chi connectivity index (χ2n) is 10.1. The molecule has 5 aliphatic rings. The smallest absolute Gasteiger partial charge is 0.246 e. The first kappa shape index (κ1) is 18.3. The van der Waals surface area contributed by atoms with Crippen LogP contribution in [0, 0.1) is 10.8 Å². The Hall–Kier alpha value is -1.72. The second-order valence-corrected chi connectivity index (χ2v) is 10.1. The van der Waals surface area contributed by atoms with Gasteiger partial charge in [-0.05, 0) is 38.5 Å². The van der Waals surface area contributed by atoms with Crippen molar-refractivity contribution in [1.82, 2.24) is 9.80 Å². The van der Waals surface area contributed by atoms with E-state index in [0.717, 1.165) is 38.5 Å². The van der Waals surface area contributed by atoms with Crippen molar-refractivity contribution in [3.8, 4) is 0 Å². The van der Waals surface area contributed by atoms with Crippen molar-refractivity contribution in [1.29, 1.82) is 0 Å². The molecule has 2 amide bonds. The maximum atomic E-state index is 13.6. The number of ketones is 2. The first-order valence-corrected chi connectivity index (χ1v) is 11.0. The summed E-state index contributed by atoms with van der Waals surface area (Å²) >= 11 is 0. The highest BCUT2D eigenvalue weighted by Crippen LogP contribution is 2.54. The van der Waals surface area contributed by atoms with Crippen molar-refractivity contribution in [2.24, 2.45) is 10.8 Å². The fourth-order valence-corrected chi connectivity index (χ4v) is 7.02. The summed E-state index contributed by atoms with van der Waals surface area (Å²) in [5.41, 5.74) is -1.20. The van der Waals surface area contributed by atoms with Crippen molar-refractivity contribution >= 4 is 23.4 Å². The Kier molecular flexibility index (Phi) is 3.86. The first-order valence-electron chi connectivity index (χ1n) is 11.0. The molecule has 0 N–H and O–H groups in total. The van der Waals surface area contributed by atoms with Crippen LogP contribution in [0.15, 0.2) is 0 Å². The Bertz CT molecular complexity index is 714. The van der Waals surface area contributed by atoms with Crippen molar-refractivity contribution < 1.29 is 19.2 Å². The van der Waals surface area contributed by atoms with E-state index in [9.17, 15) is 19.2 Å². The summed E-state index contributed by atoms with van der Waals surface area (Å²) in [6.45, 7) is 3.93. The summed E-state index contributed by atoms with van der Waals surface area (Å²) in [5, 5.41) is 0. The van der Waals surface area contributed by atoms with Gasteiger partial charge < -0.3 is 9.80 Å². The van der Waals surface area contributed by atoms with Gasteiger partial charge in [-0.3, -0.25) is 19.2 Å². The van der Waals surface area contributed by atoms with Gasteiger partial charge in [-0.25, -0.2) is 0 Å². The van der Waals surface area contributed by atoms with Crippen LogP contribution < -0.4 is 0 Å². The van der Waals surface area contributed by atoms with E-state index in [4.69, 9.17) is 0 Å². The molecular formula is C22H30N2O4. The lowest BCUT2D eigenvalue weighted by Gasteiger charge is -2.44. The molecule has 2 aliphatic carbocycles. The third-order valence-electron chi connectivity index (χ3n) is 8.66. The summed E-state index contributed by atoms with van der Waals surface area (Å²) in [7, 11) is 0. The monoisotopic (exact) mass is 386 g/mol. The van der Waals surface area contributed by atoms with E-state index in [1.807, 2.05) is 13.8 Å². The zero-order chi connectivity index (χ0) is 19.8. The van der Waals surface area contributed by atoms with E-state index >= 15 is 0 Å². The molecule has 5 fully saturated rings. The quantitative estimate of drug-likeness (QED) is 0.640. The predicted octanol–water partition coefficient (Wildman–Crippen LogP) is 2.24. The van der Waals surface area contributed by atoms with Crippen LogP contribution in [0.1, 0.15) is 78.1 Å². The molecule has 0 spiro atoms. The van der Waals surface area contributed by atoms with E-state index in [1.165, 1.54) is 0 Å². The minimum atomic E-state index is -0.602. The second kappa shape index (κ2) is 5.90. The van der Waals surface area contributed by atoms with E-state index < -0.39 is 22.9 Å². The lowest BCUT2D eigenvalue weighted by Crippen LogP contribution is -2.64. The standard InChI is InChI=1S/C22H30N2O4/c1-21-11-13-19(27)24-14(12-22(2)16(24)8-4-6-10-18(22)26)20(28)23(13)15(21)7-3-5-9-17(21)25/h13-16H,3-12H2,1-2H3/t13-,14-,15-,16-,21-,22-/m1/s1. The van der Waals surface area contributed by atoms with Gasteiger partial charge in [-0.15, -0.1) is 0 Å². The molecule has 2 saturated carbocycles. The number of hydrogen-bond donors (Lipinski definition) is 0. The van der Waals surface area contributed by atoms with Gasteiger partial charge in [-0.1, -0.05) is 26.7 Å². The zero-order valence-corrected chi connectivity index (χ0v) is 16.9. The summed E-state index contributed by atoms with van der Waals surface area (Å²) in [4.78, 5) is 56.6. The number of carbonyl (C=O) groups excluding carboxylic acids is 4. The summed E-state index contributed by atoms with van der Waals surface area (Å²) in [6, 6.07) is -1.39. The van der Waals surface area contributed by atoms with Gasteiger partial charge in [0.15, 0.2) is 0 Å². The Morgan fingerprint density at radius 2 is 1.07 bits per heavy atom. The fraction of sp³-hybridized carbons (Fsp3) is 0.818. The lowest BCUT2D eigenvalue weighted by molar-refractivity contribution is -0.161. The fourth-order valence-electron chi connectivity index (χ4n) is 7.02. The van der Waals surface area contributed by atoms with E-state index in [-0.39, 0.29) is 35.5 Å². The highest BCUT2D eigenvalue weighted by atomic mass is 16.2. The minimum absolute atomic E-state index is 0.0184. The van der Waals surface area contributed by atoms with Crippen LogP contribution in [-0.2, 0) is 19.2 Å². The number of Topliss-reactive ketones (excluding diaryl/α,β-unsaturated/α-hetero) is 2. The summed E-state index contributed by atoms with van der Waals surface area (Å²) in [6.07, 6.45) is 7.17. The van der Waals surface area contributed by atoms with Crippen LogP contribution in [0.4, 0.5) is 0 Å². The topological polar surface area (TPSA) is 74.8 Å². The minimum Gasteiger partial charge on any atom is -0.325 e. The molecule has 3 saturated heterocycles. The first-order chi connectivity index (χ1) is 13.3. The molecule has 3 heterocycles. The molecule has 3 aliphatic heterocycles. The Morgan fingerprint density at radius 1 is 0.679 bits per heavy atom. The molecule has 28 heavy (non-hydrogen) atoms. The van der Waals surface area contributed by atoms with Crippen LogP contribution in [0.3, 0.4) is 0 Å². The van der Waals surface area contributed by atoms with Crippen molar-refractivity contribution in [2.45, 2.75) is 102 Å². The molecule has 0 aromatic carbocycles. The Balaban J connectivity index is 1.55. The molecule has 6 nitrogen and oxygen atoms in total. The van der Waals surface area contributed by atoms with Gasteiger partial charge in [0.2, 0.25) is 11.8 Å². The number of rotatable bonds is 0. The third kappa shape index (κ3) is 2.15. The van der Waals surface area contributed by atoms with Crippen LogP contribution in [0.2, 0.25) is 0 Å². The molecule has 6 atom stereocenters. The molecule has 6 heteroatoms. The third-order valence-corrected chi connectivity index (χ3v) is 8.66. The van der Waals surface area contributed by atoms with E-state index in [0.29, 0.717) is 25.7 Å². The Labute approximate surface area is 166 Å². The van der Waals surface area contributed by atoms with Gasteiger partial charge >= 0.3 is 0 Å². The van der Waals surface area contributed by atoms with Crippen molar-refractivity contribution in [3.05, 3.63) is 0 Å². The van der Waals surface area contributed by atoms with Gasteiger partial charge in [0.05, 0.1) is 0 Å². The number of piperazine rings is 1. The van der Waals surface area contributed by atoms with Gasteiger partial charge in [0.1, 0.15) is 23.7 Å². The zero-order valence-electron chi connectivity index (χ0n) is 16.9. The molecule has 152 valence electrons. The SMILES string of the molecule is C[C@@]12C[C@@H]3C(=O)N4[C@H](C[C@@]5(C)C(=O)CCCC[C@@H]45)C(=O)N3[C@@H]1CCCCC2=O. The number of hydrogen-bond acceptors (Lipinski definition) is 4. The molecule has 5 rings (SSSR count). The van der Waals surface area contributed by atoms with Crippen LogP contribution >= 0.6 is 0 Å². The maximum absolute atomic E-state index is 13.6. The number of fused-ring (bicyclic) bond motifs is 6. The van der Waals surface area contributed by atoms with Gasteiger partial charge in [-0.2, -0.15) is 0 Å². The number of carbonyl (C=O) groups is 4. The lowest BCUT2D eigenvalue weighted by atomic mass is 9.76. The van der Waals surface area contributed by atoms with Crippen LogP contribution in [0.5, 0.6) is 0 Å². The molecule has 0 unspecified atom stereocenters. The number of amides is 2. The van der Waals surface area contributed by atoms with Gasteiger partial charge in [0.25, 0.3) is 0 Å². The Morgan fingerprint density at radius 3 is 1.46 bits per heavy atom. The van der Waals surface area contributed by atoms with Crippen LogP contribution in [-0.4, -0.2) is 57.3 Å². The average Bonchev–Trinajstić information content (AvgIpc) is 3.03. The van der Waals surface area contributed by atoms with Gasteiger partial charge in [0, 0.05) is 35.8 Å². The molecule has 0 aromatic rings. The molecule has 0 radical (unpaired) electrons. The summed E-state index contributed by atoms with van der Waals surface area (Å²) < 4.78 is 0. The van der Waals surface area contributed by atoms with E-state index in [2.05, 4.69) is 0 Å². The normalized spacial score (nSPS) is 45.9. The molecule has 0 bridgehead atoms. The largest absolute Gasteiger partial charge is 0.325 e. The van der Waals surface area contributed by atoms with Crippen molar-refractivity contribution in [3.63, 3.8) is 0 Å². The highest BCUT2D eigenvalue weighted by Gasteiger charge is 2.66. The number of nitrogens with zero attached hydrogens (tertiary/aromatic N) is 2. The maximum Gasteiger partial charge on any atom is 0.246 e. The van der Waals surface area contributed by atoms with E-state index in [1.54, 1.807) is 9.80 Å². The summed E-state index contributed by atoms with van der Waals surface area (Å²) in [5.74, 6) is 0.379. The average molecular weight is 386 g/mol. The molecular weight excluding hydrogens is 356 g/mol. The van der Waals surface area contributed by atoms with Crippen LogP contribution in [0.25, 0.3) is 0 Å². The highest BCUT2D eigenvalue weighted by molar-refractivity contribution is 6.02. The molecule has 0 aromatic heterocycles.